The molecule has 1 N–H and O–H groups in total. The fourth-order valence-corrected chi connectivity index (χ4v) is 2.23. The van der Waals surface area contributed by atoms with Crippen LogP contribution in [0.15, 0.2) is 29.4 Å². The molecule has 0 saturated heterocycles. The van der Waals surface area contributed by atoms with E-state index < -0.39 is 4.92 Å². The zero-order valence-corrected chi connectivity index (χ0v) is 10.4. The Bertz CT molecular complexity index is 471. The molecule has 0 heterocycles. The quantitative estimate of drug-likeness (QED) is 0.655. The summed E-state index contributed by atoms with van der Waals surface area (Å²) in [4.78, 5) is 10.4. The van der Waals surface area contributed by atoms with Gasteiger partial charge in [0.2, 0.25) is 0 Å². The van der Waals surface area contributed by atoms with E-state index in [1.165, 1.54) is 12.5 Å². The second kappa shape index (κ2) is 5.62. The van der Waals surface area contributed by atoms with Crippen LogP contribution < -0.4 is 5.43 Å². The number of hydrogen-bond donors (Lipinski definition) is 1. The van der Waals surface area contributed by atoms with Crippen molar-refractivity contribution in [3.8, 4) is 0 Å². The van der Waals surface area contributed by atoms with Gasteiger partial charge in [0, 0.05) is 11.8 Å². The minimum Gasteiger partial charge on any atom is -0.272 e. The maximum Gasteiger partial charge on any atom is 0.294 e. The lowest BCUT2D eigenvalue weighted by molar-refractivity contribution is -0.384. The Hall–Kier alpha value is -1.91. The van der Waals surface area contributed by atoms with Crippen LogP contribution in [0.5, 0.6) is 0 Å². The molecule has 0 spiro atoms. The molecular weight excluding hydrogens is 230 g/mol. The summed E-state index contributed by atoms with van der Waals surface area (Å²) in [5.41, 5.74) is 4.45. The predicted octanol–water partition coefficient (Wildman–Crippen LogP) is 3.57. The van der Waals surface area contributed by atoms with E-state index in [2.05, 4.69) is 17.5 Å². The fraction of sp³-hybridized carbons (Fsp3) is 0.462. The molecule has 18 heavy (non-hydrogen) atoms. The Morgan fingerprint density at radius 3 is 2.94 bits per heavy atom. The van der Waals surface area contributed by atoms with E-state index >= 15 is 0 Å². The van der Waals surface area contributed by atoms with Gasteiger partial charge < -0.3 is 0 Å². The molecule has 0 aromatic heterocycles. The number of anilines is 1. The first-order chi connectivity index (χ1) is 8.66. The van der Waals surface area contributed by atoms with E-state index in [4.69, 9.17) is 0 Å². The first-order valence-corrected chi connectivity index (χ1v) is 6.21. The van der Waals surface area contributed by atoms with Crippen molar-refractivity contribution in [3.05, 3.63) is 34.4 Å². The maximum absolute atomic E-state index is 10.8. The normalized spacial score (nSPS) is 21.8. The third kappa shape index (κ3) is 3.06. The van der Waals surface area contributed by atoms with Crippen molar-refractivity contribution >= 4 is 17.1 Å². The summed E-state index contributed by atoms with van der Waals surface area (Å²) in [7, 11) is 0. The number of rotatable bonds is 3. The number of nitrogens with one attached hydrogen (secondary N) is 1. The Balaban J connectivity index is 2.10. The van der Waals surface area contributed by atoms with Crippen LogP contribution in [0.1, 0.15) is 32.6 Å². The maximum atomic E-state index is 10.8. The molecule has 5 heteroatoms. The Kier molecular flexibility index (Phi) is 3.92. The summed E-state index contributed by atoms with van der Waals surface area (Å²) in [5, 5.41) is 15.2. The number of hydrazone groups is 1. The van der Waals surface area contributed by atoms with Gasteiger partial charge in [0.1, 0.15) is 5.69 Å². The molecule has 1 aliphatic rings. The van der Waals surface area contributed by atoms with Crippen LogP contribution in [0.25, 0.3) is 0 Å². The smallest absolute Gasteiger partial charge is 0.272 e. The average molecular weight is 247 g/mol. The van der Waals surface area contributed by atoms with Gasteiger partial charge in [0.05, 0.1) is 4.92 Å². The summed E-state index contributed by atoms with van der Waals surface area (Å²) < 4.78 is 0. The van der Waals surface area contributed by atoms with Crippen molar-refractivity contribution in [1.29, 1.82) is 0 Å². The molecule has 1 aromatic rings. The Morgan fingerprint density at radius 2 is 2.22 bits per heavy atom. The van der Waals surface area contributed by atoms with E-state index in [0.717, 1.165) is 25.0 Å². The topological polar surface area (TPSA) is 67.5 Å². The summed E-state index contributed by atoms with van der Waals surface area (Å²) in [6.07, 6.45) is 4.36. The third-order valence-corrected chi connectivity index (χ3v) is 3.18. The van der Waals surface area contributed by atoms with E-state index in [0.29, 0.717) is 11.6 Å². The lowest BCUT2D eigenvalue weighted by Crippen LogP contribution is -2.14. The van der Waals surface area contributed by atoms with Crippen molar-refractivity contribution < 1.29 is 4.92 Å². The lowest BCUT2D eigenvalue weighted by Gasteiger charge is -2.19. The SMILES string of the molecule is CC1CCC/C(=N/Nc2ccccc2[N+](=O)[O-])C1. The van der Waals surface area contributed by atoms with Crippen molar-refractivity contribution in [1.82, 2.24) is 0 Å². The minimum absolute atomic E-state index is 0.0608. The standard InChI is InChI=1S/C13H17N3O2/c1-10-5-4-6-11(9-10)14-15-12-7-2-3-8-13(12)16(17)18/h2-3,7-8,10,15H,4-6,9H2,1H3/b14-11-. The van der Waals surface area contributed by atoms with Gasteiger partial charge in [-0.3, -0.25) is 15.5 Å². The number of nitro groups is 1. The average Bonchev–Trinajstić information content (AvgIpc) is 2.37. The van der Waals surface area contributed by atoms with Gasteiger partial charge in [-0.2, -0.15) is 5.10 Å². The summed E-state index contributed by atoms with van der Waals surface area (Å²) >= 11 is 0. The monoisotopic (exact) mass is 247 g/mol. The molecule has 1 atom stereocenters. The third-order valence-electron chi connectivity index (χ3n) is 3.18. The summed E-state index contributed by atoms with van der Waals surface area (Å²) in [6.45, 7) is 2.21. The van der Waals surface area contributed by atoms with Gasteiger partial charge >= 0.3 is 0 Å². The summed E-state index contributed by atoms with van der Waals surface area (Å²) in [5.74, 6) is 0.657. The van der Waals surface area contributed by atoms with Crippen molar-refractivity contribution in [2.75, 3.05) is 5.43 Å². The predicted molar refractivity (Wildman–Crippen MR) is 71.8 cm³/mol. The number of nitro benzene ring substituents is 1. The molecular formula is C13H17N3O2. The number of para-hydroxylation sites is 2. The minimum atomic E-state index is -0.397. The van der Waals surface area contributed by atoms with Gasteiger partial charge in [0.25, 0.3) is 5.69 Å². The molecule has 0 amide bonds. The molecule has 96 valence electrons. The molecule has 0 aliphatic heterocycles. The van der Waals surface area contributed by atoms with E-state index in [1.54, 1.807) is 18.2 Å². The fourth-order valence-electron chi connectivity index (χ4n) is 2.23. The van der Waals surface area contributed by atoms with Gasteiger partial charge in [-0.05, 0) is 37.7 Å². The van der Waals surface area contributed by atoms with Crippen LogP contribution in [0.4, 0.5) is 11.4 Å². The molecule has 0 radical (unpaired) electrons. The van der Waals surface area contributed by atoms with Crippen LogP contribution >= 0.6 is 0 Å². The first-order valence-electron chi connectivity index (χ1n) is 6.21. The molecule has 1 fully saturated rings. The van der Waals surface area contributed by atoms with Gasteiger partial charge in [-0.25, -0.2) is 0 Å². The van der Waals surface area contributed by atoms with E-state index in [9.17, 15) is 10.1 Å². The van der Waals surface area contributed by atoms with Crippen molar-refractivity contribution in [2.45, 2.75) is 32.6 Å². The highest BCUT2D eigenvalue weighted by Crippen LogP contribution is 2.25. The van der Waals surface area contributed by atoms with Crippen molar-refractivity contribution in [2.24, 2.45) is 11.0 Å². The second-order valence-electron chi connectivity index (χ2n) is 4.77. The summed E-state index contributed by atoms with van der Waals surface area (Å²) in [6, 6.07) is 6.57. The van der Waals surface area contributed by atoms with Gasteiger partial charge in [-0.15, -0.1) is 0 Å². The van der Waals surface area contributed by atoms with Crippen LogP contribution in [0, 0.1) is 16.0 Å². The Morgan fingerprint density at radius 1 is 1.44 bits per heavy atom. The van der Waals surface area contributed by atoms with Crippen LogP contribution in [-0.4, -0.2) is 10.6 Å². The number of hydrogen-bond acceptors (Lipinski definition) is 4. The van der Waals surface area contributed by atoms with E-state index in [-0.39, 0.29) is 5.69 Å². The number of nitrogens with zero attached hydrogens (tertiary/aromatic N) is 2. The molecule has 1 aromatic carbocycles. The first kappa shape index (κ1) is 12.5. The highest BCUT2D eigenvalue weighted by Gasteiger charge is 2.15. The van der Waals surface area contributed by atoms with Crippen molar-refractivity contribution in [3.63, 3.8) is 0 Å². The molecule has 5 nitrogen and oxygen atoms in total. The van der Waals surface area contributed by atoms with Crippen LogP contribution in [0.2, 0.25) is 0 Å². The van der Waals surface area contributed by atoms with Crippen LogP contribution in [-0.2, 0) is 0 Å². The van der Waals surface area contributed by atoms with Crippen LogP contribution in [0.3, 0.4) is 0 Å². The molecule has 2 rings (SSSR count). The zero-order valence-electron chi connectivity index (χ0n) is 10.4. The molecule has 1 saturated carbocycles. The highest BCUT2D eigenvalue weighted by atomic mass is 16.6. The molecule has 1 aliphatic carbocycles. The molecule has 0 bridgehead atoms. The zero-order chi connectivity index (χ0) is 13.0. The van der Waals surface area contributed by atoms with Gasteiger partial charge in [0.15, 0.2) is 0 Å². The number of benzene rings is 1. The Labute approximate surface area is 106 Å². The van der Waals surface area contributed by atoms with E-state index in [1.807, 2.05) is 0 Å². The largest absolute Gasteiger partial charge is 0.294 e. The molecule has 1 unspecified atom stereocenters. The van der Waals surface area contributed by atoms with Gasteiger partial charge in [-0.1, -0.05) is 19.1 Å². The lowest BCUT2D eigenvalue weighted by atomic mass is 9.89. The highest BCUT2D eigenvalue weighted by molar-refractivity contribution is 5.86. The second-order valence-corrected chi connectivity index (χ2v) is 4.77.